The Labute approximate surface area is 230 Å². The van der Waals surface area contributed by atoms with Crippen LogP contribution in [0.4, 0.5) is 8.63 Å². The number of aromatic nitrogens is 1. The third-order valence-electron chi connectivity index (χ3n) is 8.13. The zero-order valence-corrected chi connectivity index (χ0v) is 25.1. The van der Waals surface area contributed by atoms with Crippen LogP contribution in [0.2, 0.25) is 24.7 Å². The van der Waals surface area contributed by atoms with Crippen molar-refractivity contribution in [1.82, 2.24) is 9.79 Å². The van der Waals surface area contributed by atoms with Crippen LogP contribution in [0.3, 0.4) is 0 Å². The highest BCUT2D eigenvalue weighted by Crippen LogP contribution is 2.36. The van der Waals surface area contributed by atoms with E-state index in [4.69, 9.17) is 4.99 Å². The van der Waals surface area contributed by atoms with Gasteiger partial charge in [0.05, 0.1) is 13.8 Å². The van der Waals surface area contributed by atoms with Crippen molar-refractivity contribution in [2.75, 3.05) is 6.54 Å². The lowest BCUT2D eigenvalue weighted by Gasteiger charge is -2.25. The number of aryl methyl sites for hydroxylation is 2. The quantitative estimate of drug-likeness (QED) is 0.152. The van der Waals surface area contributed by atoms with Crippen molar-refractivity contribution in [3.8, 4) is 0 Å². The van der Waals surface area contributed by atoms with Crippen molar-refractivity contribution in [3.05, 3.63) is 52.5 Å². The lowest BCUT2D eigenvalue weighted by molar-refractivity contribution is -0.121. The average molecular weight is 542 g/mol. The number of hydrogen-bond donors (Lipinski definition) is 1. The number of nitrogens with zero attached hydrogens (tertiary/aromatic N) is 2. The maximum absolute atomic E-state index is 14.0. The molecule has 0 spiro atoms. The van der Waals surface area contributed by atoms with E-state index in [0.29, 0.717) is 30.8 Å². The van der Waals surface area contributed by atoms with Crippen molar-refractivity contribution in [3.63, 3.8) is 0 Å². The number of unbranched alkanes of at least 4 members (excludes halogenated alkanes) is 3. The van der Waals surface area contributed by atoms with E-state index in [2.05, 4.69) is 24.0 Å². The first-order valence-corrected chi connectivity index (χ1v) is 17.6. The number of rotatable bonds is 13. The Morgan fingerprint density at radius 1 is 1.03 bits per heavy atom. The number of nitrogens with one attached hydrogen (secondary N) is 1. The molecule has 1 aromatic rings. The van der Waals surface area contributed by atoms with Gasteiger partial charge in [-0.1, -0.05) is 49.7 Å². The summed E-state index contributed by atoms with van der Waals surface area (Å²) < 4.78 is 29.1. The van der Waals surface area contributed by atoms with Crippen molar-refractivity contribution in [2.24, 2.45) is 4.99 Å². The van der Waals surface area contributed by atoms with E-state index in [-0.39, 0.29) is 5.91 Å². The van der Waals surface area contributed by atoms with E-state index in [1.54, 1.807) is 6.92 Å². The first-order chi connectivity index (χ1) is 18.1. The number of aliphatic imine (C=N–C) groups is 1. The Morgan fingerprint density at radius 2 is 1.71 bits per heavy atom. The van der Waals surface area contributed by atoms with Gasteiger partial charge in [0.1, 0.15) is 0 Å². The Morgan fingerprint density at radius 3 is 2.34 bits per heavy atom. The molecule has 1 amide bonds. The fourth-order valence-corrected chi connectivity index (χ4v) is 9.54. The zero-order chi connectivity index (χ0) is 27.7. The topological polar surface area (TPSA) is 46.4 Å². The summed E-state index contributed by atoms with van der Waals surface area (Å²) in [4.78, 5) is 17.0. The van der Waals surface area contributed by atoms with Crippen LogP contribution in [-0.4, -0.2) is 38.1 Å². The second-order valence-electron chi connectivity index (χ2n) is 11.6. The van der Waals surface area contributed by atoms with Gasteiger partial charge in [0.25, 0.3) is 0 Å². The molecule has 3 heterocycles. The van der Waals surface area contributed by atoms with Gasteiger partial charge in [0.2, 0.25) is 5.91 Å². The fraction of sp³-hybridized carbons (Fsp3) is 0.600. The van der Waals surface area contributed by atoms with E-state index in [0.717, 1.165) is 64.7 Å². The van der Waals surface area contributed by atoms with Gasteiger partial charge in [0, 0.05) is 35.6 Å². The van der Waals surface area contributed by atoms with Gasteiger partial charge in [-0.3, -0.25) is 18.4 Å². The van der Waals surface area contributed by atoms with Crippen LogP contribution in [0.5, 0.6) is 0 Å². The molecule has 3 rings (SSSR count). The fourth-order valence-electron chi connectivity index (χ4n) is 6.03. The SMILES string of the molecule is CC1=CC(C)=NC1=C(CCCCCCNC(=O)CCC[Si]1(C)CCC=CCC1)c1c(C)cc(C)n1B(F)F. The minimum atomic E-state index is -2.58. The van der Waals surface area contributed by atoms with Crippen LogP contribution in [0, 0.1) is 13.8 Å². The third kappa shape index (κ3) is 8.39. The van der Waals surface area contributed by atoms with Gasteiger partial charge in [-0.25, -0.2) is 0 Å². The lowest BCUT2D eigenvalue weighted by Crippen LogP contribution is -2.30. The maximum atomic E-state index is 14.0. The van der Waals surface area contributed by atoms with Crippen LogP contribution in [0.15, 0.2) is 40.6 Å². The normalized spacial score (nSPS) is 18.2. The number of hydrogen-bond acceptors (Lipinski definition) is 2. The number of allylic oxidation sites excluding steroid dienone is 5. The minimum Gasteiger partial charge on any atom is -0.356 e. The molecule has 0 saturated heterocycles. The molecular formula is C30H46BF2N3OSi. The van der Waals surface area contributed by atoms with Crippen LogP contribution in [-0.2, 0) is 4.79 Å². The van der Waals surface area contributed by atoms with E-state index >= 15 is 0 Å². The second kappa shape index (κ2) is 14.2. The molecule has 1 N–H and O–H groups in total. The van der Waals surface area contributed by atoms with Gasteiger partial charge in [-0.2, -0.15) is 0 Å². The Bertz CT molecular complexity index is 1090. The number of amides is 1. The molecule has 0 fully saturated rings. The molecule has 8 heteroatoms. The monoisotopic (exact) mass is 541 g/mol. The zero-order valence-electron chi connectivity index (χ0n) is 24.1. The summed E-state index contributed by atoms with van der Waals surface area (Å²) in [6, 6.07) is 5.81. The summed E-state index contributed by atoms with van der Waals surface area (Å²) >= 11 is 0. The van der Waals surface area contributed by atoms with Crippen LogP contribution in [0.25, 0.3) is 5.57 Å². The molecule has 0 radical (unpaired) electrons. The molecule has 0 atom stereocenters. The molecule has 208 valence electrons. The van der Waals surface area contributed by atoms with Crippen molar-refractivity contribution in [1.29, 1.82) is 0 Å². The summed E-state index contributed by atoms with van der Waals surface area (Å²) in [7, 11) is -3.75. The minimum absolute atomic E-state index is 0.177. The molecule has 0 aliphatic carbocycles. The van der Waals surface area contributed by atoms with E-state index < -0.39 is 15.5 Å². The molecule has 0 unspecified atom stereocenters. The molecule has 0 bridgehead atoms. The molecule has 2 aliphatic rings. The largest absolute Gasteiger partial charge is 0.677 e. The van der Waals surface area contributed by atoms with Crippen LogP contribution in [0.1, 0.15) is 88.6 Å². The predicted octanol–water partition coefficient (Wildman–Crippen LogP) is 8.28. The maximum Gasteiger partial charge on any atom is 0.677 e. The molecule has 1 aromatic heterocycles. The smallest absolute Gasteiger partial charge is 0.356 e. The summed E-state index contributed by atoms with van der Waals surface area (Å²) in [5, 5.41) is 3.10. The first-order valence-electron chi connectivity index (χ1n) is 14.5. The molecule has 4 nitrogen and oxygen atoms in total. The summed E-state index contributed by atoms with van der Waals surface area (Å²) in [5.74, 6) is 0.177. The van der Waals surface area contributed by atoms with E-state index in [1.807, 2.05) is 32.9 Å². The average Bonchev–Trinajstić information content (AvgIpc) is 3.23. The summed E-state index contributed by atoms with van der Waals surface area (Å²) in [6.07, 6.45) is 15.3. The molecular weight excluding hydrogens is 495 g/mol. The highest BCUT2D eigenvalue weighted by atomic mass is 28.3. The van der Waals surface area contributed by atoms with Gasteiger partial charge in [-0.15, -0.1) is 0 Å². The number of carbonyl (C=O) groups is 1. The Hall–Kier alpha value is -2.22. The molecule has 0 saturated carbocycles. The number of carbonyl (C=O) groups excluding carboxylic acids is 1. The molecule has 38 heavy (non-hydrogen) atoms. The molecule has 0 aromatic carbocycles. The molecule has 2 aliphatic heterocycles. The van der Waals surface area contributed by atoms with E-state index in [1.165, 1.54) is 31.0 Å². The Kier molecular flexibility index (Phi) is 11.4. The van der Waals surface area contributed by atoms with Gasteiger partial charge >= 0.3 is 7.40 Å². The second-order valence-corrected chi connectivity index (χ2v) is 16.7. The highest BCUT2D eigenvalue weighted by Gasteiger charge is 2.28. The lowest BCUT2D eigenvalue weighted by atomic mass is 9.96. The van der Waals surface area contributed by atoms with Crippen molar-refractivity contribution < 1.29 is 13.4 Å². The number of halogens is 2. The Balaban J connectivity index is 1.44. The first kappa shape index (κ1) is 30.3. The predicted molar refractivity (Wildman–Crippen MR) is 161 cm³/mol. The standard InChI is InChI=1S/C30H46BF2N3OSi/c1-23-21-25(3)35-29(23)27(30-24(2)22-26(4)36(30)31(32)33)15-10-6-7-11-17-34-28(37)16-14-20-38(5)18-12-8-9-13-19-38/h8-9,21-22H,6-7,10-20H2,1-5H3,(H,34,37). The summed E-state index contributed by atoms with van der Waals surface area (Å²) in [6.45, 7) is 10.8. The highest BCUT2D eigenvalue weighted by molar-refractivity contribution is 6.78. The van der Waals surface area contributed by atoms with Gasteiger partial charge in [-0.05, 0) is 89.5 Å². The van der Waals surface area contributed by atoms with Crippen LogP contribution >= 0.6 is 0 Å². The van der Waals surface area contributed by atoms with E-state index in [9.17, 15) is 13.4 Å². The van der Waals surface area contributed by atoms with Gasteiger partial charge in [0.15, 0.2) is 0 Å². The van der Waals surface area contributed by atoms with Crippen LogP contribution < -0.4 is 5.32 Å². The van der Waals surface area contributed by atoms with Crippen molar-refractivity contribution >= 4 is 32.7 Å². The van der Waals surface area contributed by atoms with Gasteiger partial charge < -0.3 is 9.79 Å². The third-order valence-corrected chi connectivity index (χ3v) is 12.7. The van der Waals surface area contributed by atoms with Crippen molar-refractivity contribution in [2.45, 2.75) is 110 Å². The summed E-state index contributed by atoms with van der Waals surface area (Å²) in [5.41, 5.74) is 5.76.